The molecule has 23 heavy (non-hydrogen) atoms. The predicted octanol–water partition coefficient (Wildman–Crippen LogP) is 3.03. The molecule has 1 N–H and O–H groups in total. The highest BCUT2D eigenvalue weighted by Crippen LogP contribution is 2.30. The van der Waals surface area contributed by atoms with E-state index in [-0.39, 0.29) is 11.4 Å². The zero-order valence-corrected chi connectivity index (χ0v) is 11.5. The highest BCUT2D eigenvalue weighted by Gasteiger charge is 2.11. The molecule has 1 aromatic carbocycles. The molecule has 3 aromatic rings. The number of pyridine rings is 2. The number of benzene rings is 1. The Bertz CT molecular complexity index is 909. The van der Waals surface area contributed by atoms with Crippen LogP contribution in [0.1, 0.15) is 10.5 Å². The molecule has 2 heterocycles. The summed E-state index contributed by atoms with van der Waals surface area (Å²) < 4.78 is 5.64. The van der Waals surface area contributed by atoms with Crippen molar-refractivity contribution in [3.05, 3.63) is 64.6 Å². The first kappa shape index (κ1) is 14.4. The molecule has 0 amide bonds. The van der Waals surface area contributed by atoms with Crippen molar-refractivity contribution < 1.29 is 19.6 Å². The van der Waals surface area contributed by atoms with Gasteiger partial charge in [0, 0.05) is 23.7 Å². The topological polar surface area (TPSA) is 115 Å². The lowest BCUT2D eigenvalue weighted by Gasteiger charge is -2.08. The van der Waals surface area contributed by atoms with Crippen molar-refractivity contribution in [1.29, 1.82) is 0 Å². The number of carboxylic acid groups (broad SMARTS) is 1. The number of hydrogen-bond donors (Lipinski definition) is 1. The third-order valence-corrected chi connectivity index (χ3v) is 3.08. The quantitative estimate of drug-likeness (QED) is 0.581. The van der Waals surface area contributed by atoms with Gasteiger partial charge in [0.25, 0.3) is 5.69 Å². The molecule has 0 fully saturated rings. The Balaban J connectivity index is 2.00. The lowest BCUT2D eigenvalue weighted by molar-refractivity contribution is -0.384. The number of fused-ring (bicyclic) bond motifs is 1. The van der Waals surface area contributed by atoms with E-state index < -0.39 is 10.9 Å². The summed E-state index contributed by atoms with van der Waals surface area (Å²) in [4.78, 5) is 29.0. The molecular weight excluding hydrogens is 302 g/mol. The van der Waals surface area contributed by atoms with Gasteiger partial charge in [0.2, 0.25) is 0 Å². The van der Waals surface area contributed by atoms with Gasteiger partial charge >= 0.3 is 5.97 Å². The summed E-state index contributed by atoms with van der Waals surface area (Å²) >= 11 is 0. The second kappa shape index (κ2) is 5.68. The third kappa shape index (κ3) is 2.91. The maximum absolute atomic E-state index is 10.9. The number of nitro groups is 1. The van der Waals surface area contributed by atoms with Crippen LogP contribution in [0.15, 0.2) is 48.8 Å². The van der Waals surface area contributed by atoms with E-state index in [0.717, 1.165) is 0 Å². The molecule has 114 valence electrons. The molecule has 8 heteroatoms. The molecule has 0 aliphatic carbocycles. The molecule has 0 atom stereocenters. The summed E-state index contributed by atoms with van der Waals surface area (Å²) in [5.41, 5.74) is 0.366. The third-order valence-electron chi connectivity index (χ3n) is 3.08. The number of carbonyl (C=O) groups is 1. The average Bonchev–Trinajstić information content (AvgIpc) is 2.55. The van der Waals surface area contributed by atoms with Crippen molar-refractivity contribution in [2.75, 3.05) is 0 Å². The summed E-state index contributed by atoms with van der Waals surface area (Å²) in [5, 5.41) is 20.2. The summed E-state index contributed by atoms with van der Waals surface area (Å²) in [6.07, 6.45) is 2.79. The molecule has 0 radical (unpaired) electrons. The van der Waals surface area contributed by atoms with Gasteiger partial charge in [-0.15, -0.1) is 0 Å². The molecule has 3 rings (SSSR count). The first-order chi connectivity index (χ1) is 11.0. The second-order valence-electron chi connectivity index (χ2n) is 4.55. The van der Waals surface area contributed by atoms with Gasteiger partial charge in [-0.05, 0) is 24.3 Å². The smallest absolute Gasteiger partial charge is 0.354 e. The molecule has 0 saturated heterocycles. The molecule has 0 aliphatic heterocycles. The van der Waals surface area contributed by atoms with Gasteiger partial charge in [-0.2, -0.15) is 0 Å². The minimum Gasteiger partial charge on any atom is -0.477 e. The van der Waals surface area contributed by atoms with Crippen LogP contribution in [0.5, 0.6) is 11.5 Å². The van der Waals surface area contributed by atoms with E-state index in [4.69, 9.17) is 9.84 Å². The molecule has 8 nitrogen and oxygen atoms in total. The molecule has 0 aliphatic rings. The minimum absolute atomic E-state index is 0.0744. The van der Waals surface area contributed by atoms with Crippen molar-refractivity contribution in [1.82, 2.24) is 9.97 Å². The summed E-state index contributed by atoms with van der Waals surface area (Å²) in [5.74, 6) is -0.459. The maximum atomic E-state index is 10.9. The fraction of sp³-hybridized carbons (Fsp3) is 0. The highest BCUT2D eigenvalue weighted by atomic mass is 16.6. The Morgan fingerprint density at radius 2 is 2.00 bits per heavy atom. The van der Waals surface area contributed by atoms with Crippen LogP contribution in [0.4, 0.5) is 5.69 Å². The molecule has 0 bridgehead atoms. The molecule has 2 aromatic heterocycles. The minimum atomic E-state index is -1.14. The molecule has 0 unspecified atom stereocenters. The van der Waals surface area contributed by atoms with E-state index in [1.165, 1.54) is 42.7 Å². The largest absolute Gasteiger partial charge is 0.477 e. The monoisotopic (exact) mass is 311 g/mol. The van der Waals surface area contributed by atoms with Crippen LogP contribution >= 0.6 is 0 Å². The van der Waals surface area contributed by atoms with Gasteiger partial charge in [-0.1, -0.05) is 0 Å². The first-order valence-electron chi connectivity index (χ1n) is 6.45. The zero-order valence-electron chi connectivity index (χ0n) is 11.5. The van der Waals surface area contributed by atoms with Crippen LogP contribution in [0.2, 0.25) is 0 Å². The van der Waals surface area contributed by atoms with Crippen LogP contribution in [-0.4, -0.2) is 26.0 Å². The standard InChI is InChI=1S/C15H9N3O5/c19-15(20)13-4-2-10(8-17-13)23-14-5-6-16-12-3-1-9(18(21)22)7-11(12)14/h1-8H,(H,19,20). The number of aromatic nitrogens is 2. The predicted molar refractivity (Wildman–Crippen MR) is 79.7 cm³/mol. The van der Waals surface area contributed by atoms with Gasteiger partial charge < -0.3 is 9.84 Å². The number of ether oxygens (including phenoxy) is 1. The van der Waals surface area contributed by atoms with Gasteiger partial charge in [-0.25, -0.2) is 9.78 Å². The normalized spacial score (nSPS) is 10.4. The van der Waals surface area contributed by atoms with E-state index in [1.54, 1.807) is 6.07 Å². The van der Waals surface area contributed by atoms with Crippen LogP contribution < -0.4 is 4.74 Å². The number of aromatic carboxylic acids is 1. The van der Waals surface area contributed by atoms with Gasteiger partial charge in [0.15, 0.2) is 0 Å². The Morgan fingerprint density at radius 1 is 1.17 bits per heavy atom. The molecule has 0 spiro atoms. The number of rotatable bonds is 4. The first-order valence-corrected chi connectivity index (χ1v) is 6.45. The Labute approximate surface area is 129 Å². The lowest BCUT2D eigenvalue weighted by atomic mass is 10.2. The van der Waals surface area contributed by atoms with E-state index in [1.807, 2.05) is 0 Å². The molecule has 0 saturated carbocycles. The summed E-state index contributed by atoms with van der Waals surface area (Å²) in [7, 11) is 0. The van der Waals surface area contributed by atoms with Crippen molar-refractivity contribution in [2.24, 2.45) is 0 Å². The zero-order chi connectivity index (χ0) is 16.4. The SMILES string of the molecule is O=C(O)c1ccc(Oc2ccnc3ccc([N+](=O)[O-])cc23)cn1. The van der Waals surface area contributed by atoms with Gasteiger partial charge in [-0.3, -0.25) is 15.1 Å². The Hall–Kier alpha value is -3.55. The van der Waals surface area contributed by atoms with Gasteiger partial charge in [0.1, 0.15) is 17.2 Å². The van der Waals surface area contributed by atoms with Crippen molar-refractivity contribution in [3.8, 4) is 11.5 Å². The summed E-state index contributed by atoms with van der Waals surface area (Å²) in [6, 6.07) is 8.60. The number of nitro benzene ring substituents is 1. The number of carboxylic acids is 1. The second-order valence-corrected chi connectivity index (χ2v) is 4.55. The number of nitrogens with zero attached hydrogens (tertiary/aromatic N) is 3. The van der Waals surface area contributed by atoms with Crippen molar-refractivity contribution >= 4 is 22.6 Å². The van der Waals surface area contributed by atoms with E-state index >= 15 is 0 Å². The van der Waals surface area contributed by atoms with Crippen LogP contribution in [0.3, 0.4) is 0 Å². The fourth-order valence-corrected chi connectivity index (χ4v) is 2.01. The van der Waals surface area contributed by atoms with Crippen molar-refractivity contribution in [2.45, 2.75) is 0 Å². The van der Waals surface area contributed by atoms with Crippen LogP contribution in [0, 0.1) is 10.1 Å². The summed E-state index contributed by atoms with van der Waals surface area (Å²) in [6.45, 7) is 0. The van der Waals surface area contributed by atoms with Crippen molar-refractivity contribution in [3.63, 3.8) is 0 Å². The maximum Gasteiger partial charge on any atom is 0.354 e. The van der Waals surface area contributed by atoms with E-state index in [9.17, 15) is 14.9 Å². The molecular formula is C15H9N3O5. The Kier molecular flexibility index (Phi) is 3.55. The van der Waals surface area contributed by atoms with E-state index in [0.29, 0.717) is 22.4 Å². The van der Waals surface area contributed by atoms with E-state index in [2.05, 4.69) is 9.97 Å². The average molecular weight is 311 g/mol. The van der Waals surface area contributed by atoms with Crippen LogP contribution in [-0.2, 0) is 0 Å². The number of hydrogen-bond acceptors (Lipinski definition) is 6. The Morgan fingerprint density at radius 3 is 2.65 bits per heavy atom. The lowest BCUT2D eigenvalue weighted by Crippen LogP contribution is -1.99. The fourth-order valence-electron chi connectivity index (χ4n) is 2.01. The number of non-ortho nitro benzene ring substituents is 1. The van der Waals surface area contributed by atoms with Gasteiger partial charge in [0.05, 0.1) is 16.6 Å². The highest BCUT2D eigenvalue weighted by molar-refractivity contribution is 5.87. The van der Waals surface area contributed by atoms with Crippen LogP contribution in [0.25, 0.3) is 10.9 Å².